The van der Waals surface area contributed by atoms with E-state index in [4.69, 9.17) is 0 Å². The number of nitrogens with zero attached hydrogens (tertiary/aromatic N) is 3. The molecule has 1 saturated heterocycles. The first-order valence-electron chi connectivity index (χ1n) is 6.39. The Labute approximate surface area is 108 Å². The molecular weight excluding hydrogens is 228 g/mol. The summed E-state index contributed by atoms with van der Waals surface area (Å²) in [5.74, 6) is 0.687. The van der Waals surface area contributed by atoms with Crippen LogP contribution in [0.5, 0.6) is 0 Å². The Morgan fingerprint density at radius 2 is 2.22 bits per heavy atom. The van der Waals surface area contributed by atoms with Gasteiger partial charge in [0.25, 0.3) is 5.91 Å². The second-order valence-electron chi connectivity index (χ2n) is 5.48. The number of hydrogen-bond acceptors (Lipinski definition) is 4. The van der Waals surface area contributed by atoms with Crippen molar-refractivity contribution < 1.29 is 4.79 Å². The molecule has 0 atom stereocenters. The highest BCUT2D eigenvalue weighted by molar-refractivity contribution is 5.92. The SMILES string of the molecule is CCNc1ccc(C(=O)N2CCC(C)(C)C2)nn1. The zero-order valence-electron chi connectivity index (χ0n) is 11.2. The monoisotopic (exact) mass is 248 g/mol. The van der Waals surface area contributed by atoms with E-state index in [0.29, 0.717) is 11.5 Å². The standard InChI is InChI=1S/C13H20N4O/c1-4-14-11-6-5-10(15-16-11)12(18)17-8-7-13(2,3)9-17/h5-6H,4,7-9H2,1-3H3,(H,14,16). The molecular formula is C13H20N4O. The smallest absolute Gasteiger partial charge is 0.274 e. The van der Waals surface area contributed by atoms with E-state index < -0.39 is 0 Å². The summed E-state index contributed by atoms with van der Waals surface area (Å²) in [7, 11) is 0. The van der Waals surface area contributed by atoms with E-state index in [9.17, 15) is 4.79 Å². The minimum absolute atomic E-state index is 0.0175. The van der Waals surface area contributed by atoms with Crippen molar-refractivity contribution in [2.75, 3.05) is 25.0 Å². The van der Waals surface area contributed by atoms with Crippen molar-refractivity contribution in [1.82, 2.24) is 15.1 Å². The van der Waals surface area contributed by atoms with Gasteiger partial charge < -0.3 is 10.2 Å². The third-order valence-corrected chi connectivity index (χ3v) is 3.21. The molecule has 1 amide bonds. The highest BCUT2D eigenvalue weighted by Crippen LogP contribution is 2.29. The number of anilines is 1. The first kappa shape index (κ1) is 12.8. The Morgan fingerprint density at radius 1 is 1.44 bits per heavy atom. The molecule has 2 rings (SSSR count). The van der Waals surface area contributed by atoms with E-state index in [-0.39, 0.29) is 11.3 Å². The van der Waals surface area contributed by atoms with Crippen molar-refractivity contribution in [2.45, 2.75) is 27.2 Å². The number of nitrogens with one attached hydrogen (secondary N) is 1. The first-order chi connectivity index (χ1) is 8.52. The van der Waals surface area contributed by atoms with E-state index in [2.05, 4.69) is 29.4 Å². The van der Waals surface area contributed by atoms with Crippen LogP contribution in [-0.2, 0) is 0 Å². The summed E-state index contributed by atoms with van der Waals surface area (Å²) in [6.07, 6.45) is 1.04. The second kappa shape index (κ2) is 4.92. The lowest BCUT2D eigenvalue weighted by atomic mass is 9.93. The number of hydrogen-bond donors (Lipinski definition) is 1. The maximum absolute atomic E-state index is 12.2. The van der Waals surface area contributed by atoms with Crippen LogP contribution in [0.3, 0.4) is 0 Å². The topological polar surface area (TPSA) is 58.1 Å². The lowest BCUT2D eigenvalue weighted by molar-refractivity contribution is 0.0771. The van der Waals surface area contributed by atoms with Crippen molar-refractivity contribution in [1.29, 1.82) is 0 Å². The zero-order valence-corrected chi connectivity index (χ0v) is 11.2. The van der Waals surface area contributed by atoms with E-state index in [0.717, 1.165) is 26.1 Å². The van der Waals surface area contributed by atoms with Crippen molar-refractivity contribution in [2.24, 2.45) is 5.41 Å². The summed E-state index contributed by atoms with van der Waals surface area (Å²) < 4.78 is 0. The van der Waals surface area contributed by atoms with Gasteiger partial charge in [0.05, 0.1) is 0 Å². The Morgan fingerprint density at radius 3 is 2.72 bits per heavy atom. The molecule has 1 aromatic rings. The molecule has 0 bridgehead atoms. The van der Waals surface area contributed by atoms with Crippen LogP contribution in [-0.4, -0.2) is 40.6 Å². The molecule has 1 aromatic heterocycles. The third-order valence-electron chi connectivity index (χ3n) is 3.21. The predicted octanol–water partition coefficient (Wildman–Crippen LogP) is 1.78. The predicted molar refractivity (Wildman–Crippen MR) is 70.5 cm³/mol. The fourth-order valence-corrected chi connectivity index (χ4v) is 2.17. The van der Waals surface area contributed by atoms with Crippen LogP contribution in [0.25, 0.3) is 0 Å². The third kappa shape index (κ3) is 2.78. The molecule has 0 saturated carbocycles. The molecule has 2 heterocycles. The van der Waals surface area contributed by atoms with E-state index >= 15 is 0 Å². The minimum Gasteiger partial charge on any atom is -0.369 e. The maximum atomic E-state index is 12.2. The van der Waals surface area contributed by atoms with Gasteiger partial charge in [-0.25, -0.2) is 0 Å². The molecule has 5 heteroatoms. The Kier molecular flexibility index (Phi) is 3.50. The lowest BCUT2D eigenvalue weighted by Crippen LogP contribution is -2.31. The average molecular weight is 248 g/mol. The average Bonchev–Trinajstić information content (AvgIpc) is 2.70. The highest BCUT2D eigenvalue weighted by Gasteiger charge is 2.32. The molecule has 1 fully saturated rings. The van der Waals surface area contributed by atoms with Gasteiger partial charge in [-0.15, -0.1) is 10.2 Å². The molecule has 1 aliphatic heterocycles. The summed E-state index contributed by atoms with van der Waals surface area (Å²) in [5.41, 5.74) is 0.640. The van der Waals surface area contributed by atoms with Gasteiger partial charge in [-0.2, -0.15) is 0 Å². The summed E-state index contributed by atoms with van der Waals surface area (Å²) in [5, 5.41) is 11.0. The number of rotatable bonds is 3. The van der Waals surface area contributed by atoms with E-state index in [1.54, 1.807) is 12.1 Å². The normalized spacial score (nSPS) is 17.8. The summed E-state index contributed by atoms with van der Waals surface area (Å²) in [6, 6.07) is 3.53. The van der Waals surface area contributed by atoms with Crippen molar-refractivity contribution in [3.63, 3.8) is 0 Å². The molecule has 0 aromatic carbocycles. The number of aromatic nitrogens is 2. The minimum atomic E-state index is -0.0175. The van der Waals surface area contributed by atoms with Crippen LogP contribution < -0.4 is 5.32 Å². The van der Waals surface area contributed by atoms with Crippen LogP contribution in [0.15, 0.2) is 12.1 Å². The Hall–Kier alpha value is -1.65. The van der Waals surface area contributed by atoms with Gasteiger partial charge in [0.15, 0.2) is 5.69 Å². The Bertz CT molecular complexity index is 427. The van der Waals surface area contributed by atoms with E-state index in [1.807, 2.05) is 11.8 Å². The lowest BCUT2D eigenvalue weighted by Gasteiger charge is -2.19. The zero-order chi connectivity index (χ0) is 13.2. The van der Waals surface area contributed by atoms with Gasteiger partial charge in [-0.1, -0.05) is 13.8 Å². The molecule has 5 nitrogen and oxygen atoms in total. The van der Waals surface area contributed by atoms with Crippen LogP contribution in [0.2, 0.25) is 0 Å². The fourth-order valence-electron chi connectivity index (χ4n) is 2.17. The number of carbonyl (C=O) groups is 1. The van der Waals surface area contributed by atoms with Gasteiger partial charge in [0.1, 0.15) is 5.82 Å². The van der Waals surface area contributed by atoms with Gasteiger partial charge >= 0.3 is 0 Å². The van der Waals surface area contributed by atoms with Crippen molar-refractivity contribution >= 4 is 11.7 Å². The van der Waals surface area contributed by atoms with Crippen LogP contribution >= 0.6 is 0 Å². The molecule has 0 radical (unpaired) electrons. The quantitative estimate of drug-likeness (QED) is 0.886. The number of likely N-dealkylation sites (tertiary alicyclic amines) is 1. The first-order valence-corrected chi connectivity index (χ1v) is 6.39. The largest absolute Gasteiger partial charge is 0.369 e. The molecule has 1 N–H and O–H groups in total. The Balaban J connectivity index is 2.05. The molecule has 0 spiro atoms. The summed E-state index contributed by atoms with van der Waals surface area (Å²) in [4.78, 5) is 14.1. The molecule has 0 aliphatic carbocycles. The summed E-state index contributed by atoms with van der Waals surface area (Å²) in [6.45, 7) is 8.75. The molecule has 1 aliphatic rings. The fraction of sp³-hybridized carbons (Fsp3) is 0.615. The van der Waals surface area contributed by atoms with Gasteiger partial charge in [-0.3, -0.25) is 4.79 Å². The molecule has 98 valence electrons. The number of amides is 1. The van der Waals surface area contributed by atoms with E-state index in [1.165, 1.54) is 0 Å². The highest BCUT2D eigenvalue weighted by atomic mass is 16.2. The van der Waals surface area contributed by atoms with Crippen molar-refractivity contribution in [3.8, 4) is 0 Å². The summed E-state index contributed by atoms with van der Waals surface area (Å²) >= 11 is 0. The maximum Gasteiger partial charge on any atom is 0.274 e. The molecule has 18 heavy (non-hydrogen) atoms. The van der Waals surface area contributed by atoms with Gasteiger partial charge in [0, 0.05) is 19.6 Å². The van der Waals surface area contributed by atoms with Gasteiger partial charge in [0.2, 0.25) is 0 Å². The number of carbonyl (C=O) groups excluding carboxylic acids is 1. The van der Waals surface area contributed by atoms with Crippen molar-refractivity contribution in [3.05, 3.63) is 17.8 Å². The second-order valence-corrected chi connectivity index (χ2v) is 5.48. The van der Waals surface area contributed by atoms with Crippen LogP contribution in [0.1, 0.15) is 37.7 Å². The molecule has 0 unspecified atom stereocenters. The van der Waals surface area contributed by atoms with Crippen LogP contribution in [0, 0.1) is 5.41 Å². The van der Waals surface area contributed by atoms with Gasteiger partial charge in [-0.05, 0) is 30.9 Å². The van der Waals surface area contributed by atoms with Crippen LogP contribution in [0.4, 0.5) is 5.82 Å².